The summed E-state index contributed by atoms with van der Waals surface area (Å²) in [6, 6.07) is 0. The van der Waals surface area contributed by atoms with Gasteiger partial charge in [-0.1, -0.05) is 47.1 Å². The molecule has 0 unspecified atom stereocenters. The maximum atomic E-state index is 14.5. The van der Waals surface area contributed by atoms with Crippen LogP contribution in [-0.2, 0) is 23.9 Å². The van der Waals surface area contributed by atoms with E-state index < -0.39 is 22.4 Å². The largest absolute Gasteiger partial charge is 0.481 e. The Morgan fingerprint density at radius 1 is 0.875 bits per heavy atom. The Kier molecular flexibility index (Phi) is 5.70. The lowest BCUT2D eigenvalue weighted by Crippen LogP contribution is -2.71. The molecule has 1 heterocycles. The monoisotopic (exact) mass is 552 g/mol. The zero-order valence-corrected chi connectivity index (χ0v) is 25.6. The van der Waals surface area contributed by atoms with Gasteiger partial charge in [0.2, 0.25) is 0 Å². The average Bonchev–Trinajstić information content (AvgIpc) is 2.86. The van der Waals surface area contributed by atoms with Gasteiger partial charge in [-0.3, -0.25) is 19.2 Å². The third-order valence-corrected chi connectivity index (χ3v) is 14.6. The number of carbonyl (C=O) groups excluding carboxylic acids is 3. The van der Waals surface area contributed by atoms with Crippen molar-refractivity contribution in [1.82, 2.24) is 0 Å². The molecule has 1 spiro atoms. The fraction of sp³-hybridized carbons (Fsp3) is 0.824. The van der Waals surface area contributed by atoms with Gasteiger partial charge in [0.1, 0.15) is 0 Å². The molecule has 0 aromatic carbocycles. The van der Waals surface area contributed by atoms with Crippen LogP contribution in [0.15, 0.2) is 11.6 Å². The van der Waals surface area contributed by atoms with Crippen LogP contribution in [0.4, 0.5) is 0 Å². The molecule has 5 aliphatic carbocycles. The topological polar surface area (TPSA) is 97.7 Å². The van der Waals surface area contributed by atoms with Crippen molar-refractivity contribution in [2.24, 2.45) is 50.2 Å². The van der Waals surface area contributed by atoms with Crippen LogP contribution in [0, 0.1) is 50.2 Å². The van der Waals surface area contributed by atoms with E-state index in [1.165, 1.54) is 5.57 Å². The molecule has 6 aliphatic rings. The quantitative estimate of drug-likeness (QED) is 0.364. The Labute approximate surface area is 239 Å². The van der Waals surface area contributed by atoms with E-state index in [-0.39, 0.29) is 69.8 Å². The predicted octanol–water partition coefficient (Wildman–Crippen LogP) is 6.70. The van der Waals surface area contributed by atoms with Crippen LogP contribution in [0.2, 0.25) is 0 Å². The van der Waals surface area contributed by atoms with Crippen LogP contribution in [-0.4, -0.2) is 34.2 Å². The number of carbonyl (C=O) groups is 4. The van der Waals surface area contributed by atoms with Crippen molar-refractivity contribution in [2.45, 2.75) is 125 Å². The van der Waals surface area contributed by atoms with Crippen molar-refractivity contribution in [3.63, 3.8) is 0 Å². The maximum Gasteiger partial charge on any atom is 0.309 e. The molecule has 0 bridgehead atoms. The molecule has 6 nitrogen and oxygen atoms in total. The first-order valence-corrected chi connectivity index (χ1v) is 15.6. The molecule has 9 atom stereocenters. The highest BCUT2D eigenvalue weighted by Gasteiger charge is 2.73. The summed E-state index contributed by atoms with van der Waals surface area (Å²) in [6.07, 6.45) is 9.51. The number of carboxylic acid groups (broad SMARTS) is 1. The molecule has 0 amide bonds. The van der Waals surface area contributed by atoms with Gasteiger partial charge in [-0.2, -0.15) is 0 Å². The Morgan fingerprint density at radius 2 is 1.55 bits per heavy atom. The summed E-state index contributed by atoms with van der Waals surface area (Å²) in [4.78, 5) is 52.8. The van der Waals surface area contributed by atoms with E-state index in [0.29, 0.717) is 25.7 Å². The molecule has 4 saturated carbocycles. The lowest BCUT2D eigenvalue weighted by molar-refractivity contribution is -0.241. The van der Waals surface area contributed by atoms with Gasteiger partial charge in [-0.05, 0) is 104 Å². The molecule has 1 saturated heterocycles. The number of aliphatic carboxylic acids is 1. The molecule has 220 valence electrons. The van der Waals surface area contributed by atoms with Gasteiger partial charge in [-0.15, -0.1) is 0 Å². The molecule has 0 aromatic heterocycles. The Balaban J connectivity index is 1.43. The van der Waals surface area contributed by atoms with E-state index >= 15 is 0 Å². The normalized spacial score (nSPS) is 51.5. The number of rotatable bonds is 1. The number of esters is 1. The lowest BCUT2D eigenvalue weighted by atomic mass is 9.32. The number of hydrogen-bond acceptors (Lipinski definition) is 5. The summed E-state index contributed by atoms with van der Waals surface area (Å²) in [5, 5.41) is 10.1. The predicted molar refractivity (Wildman–Crippen MR) is 150 cm³/mol. The van der Waals surface area contributed by atoms with E-state index in [2.05, 4.69) is 41.5 Å². The summed E-state index contributed by atoms with van der Waals surface area (Å²) in [6.45, 7) is 15.4. The molecular formula is C34H48O6. The van der Waals surface area contributed by atoms with Crippen LogP contribution in [0.5, 0.6) is 0 Å². The molecule has 1 aliphatic heterocycles. The zero-order valence-electron chi connectivity index (χ0n) is 25.6. The zero-order chi connectivity index (χ0) is 29.3. The second-order valence-corrected chi connectivity index (χ2v) is 16.5. The first-order chi connectivity index (χ1) is 18.4. The Bertz CT molecular complexity index is 1250. The number of Topliss-reactive ketones (excluding diaryl/α,β-unsaturated/α-hetero) is 1. The van der Waals surface area contributed by atoms with Gasteiger partial charge < -0.3 is 9.84 Å². The third-order valence-electron chi connectivity index (χ3n) is 14.6. The summed E-state index contributed by atoms with van der Waals surface area (Å²) >= 11 is 0. The van der Waals surface area contributed by atoms with Gasteiger partial charge in [0, 0.05) is 17.8 Å². The molecule has 5 fully saturated rings. The first kappa shape index (κ1) is 28.2. The van der Waals surface area contributed by atoms with Crippen molar-refractivity contribution in [2.75, 3.05) is 0 Å². The number of carboxylic acids is 1. The molecule has 6 rings (SSSR count). The molecule has 0 aromatic rings. The van der Waals surface area contributed by atoms with Crippen LogP contribution >= 0.6 is 0 Å². The van der Waals surface area contributed by atoms with Crippen molar-refractivity contribution in [3.05, 3.63) is 11.6 Å². The van der Waals surface area contributed by atoms with Crippen LogP contribution in [0.1, 0.15) is 119 Å². The van der Waals surface area contributed by atoms with E-state index in [1.54, 1.807) is 0 Å². The lowest BCUT2D eigenvalue weighted by Gasteiger charge is -2.71. The minimum absolute atomic E-state index is 0.0231. The highest BCUT2D eigenvalue weighted by atomic mass is 16.6. The number of allylic oxidation sites excluding steroid dienone is 2. The second kappa shape index (κ2) is 8.10. The van der Waals surface area contributed by atoms with Gasteiger partial charge in [0.25, 0.3) is 0 Å². The van der Waals surface area contributed by atoms with Gasteiger partial charge in [-0.25, -0.2) is 0 Å². The van der Waals surface area contributed by atoms with Gasteiger partial charge >= 0.3 is 11.9 Å². The van der Waals surface area contributed by atoms with Crippen molar-refractivity contribution in [3.8, 4) is 0 Å². The molecular weight excluding hydrogens is 504 g/mol. The fourth-order valence-corrected chi connectivity index (χ4v) is 11.7. The van der Waals surface area contributed by atoms with E-state index in [9.17, 15) is 24.3 Å². The highest BCUT2D eigenvalue weighted by Crippen LogP contribution is 2.76. The maximum absolute atomic E-state index is 14.5. The number of ketones is 2. The van der Waals surface area contributed by atoms with Crippen molar-refractivity contribution >= 4 is 23.5 Å². The molecule has 1 N–H and O–H groups in total. The SMILES string of the molecule is CC1(C)[C@@H]2CC[C@]3(C)[C@@H](C(=O)C=C4[C@H]5C[C@@](C)(C(=O)O)CC[C@]5(C)CC[C@]43C)[C@@]2(C)CC[C@]12OC(=O)CCC2=O. The van der Waals surface area contributed by atoms with Crippen LogP contribution in [0.25, 0.3) is 0 Å². The number of ether oxygens (including phenoxy) is 1. The number of hydrogen-bond donors (Lipinski definition) is 1. The first-order valence-electron chi connectivity index (χ1n) is 15.6. The standard InChI is InChI=1S/C34H48O6/c1-28(2)23-10-11-33(7)26(31(23,5)15-17-34(28)24(36)8-9-25(37)40-34)22(35)18-20-21-19-30(4,27(38)39)13-12-29(21,3)14-16-32(20,33)6/h18,21,23,26H,8-17,19H2,1-7H3,(H,38,39)/t21-,23+,26+,29-,30+,31+,32-,33-,34-/m1/s1. The minimum Gasteiger partial charge on any atom is -0.481 e. The summed E-state index contributed by atoms with van der Waals surface area (Å²) in [7, 11) is 0. The number of fused-ring (bicyclic) bond motifs is 7. The van der Waals surface area contributed by atoms with E-state index in [4.69, 9.17) is 4.74 Å². The highest BCUT2D eigenvalue weighted by molar-refractivity contribution is 5.97. The van der Waals surface area contributed by atoms with Gasteiger partial charge in [0.15, 0.2) is 17.2 Å². The van der Waals surface area contributed by atoms with Gasteiger partial charge in [0.05, 0.1) is 11.8 Å². The van der Waals surface area contributed by atoms with Crippen LogP contribution < -0.4 is 0 Å². The summed E-state index contributed by atoms with van der Waals surface area (Å²) in [5.74, 6) is -0.788. The van der Waals surface area contributed by atoms with E-state index in [1.807, 2.05) is 13.0 Å². The van der Waals surface area contributed by atoms with Crippen LogP contribution in [0.3, 0.4) is 0 Å². The van der Waals surface area contributed by atoms with E-state index in [0.717, 1.165) is 32.1 Å². The Morgan fingerprint density at radius 3 is 2.23 bits per heavy atom. The Hall–Kier alpha value is -1.98. The molecule has 0 radical (unpaired) electrons. The fourth-order valence-electron chi connectivity index (χ4n) is 11.7. The second-order valence-electron chi connectivity index (χ2n) is 16.5. The van der Waals surface area contributed by atoms with Crippen molar-refractivity contribution in [1.29, 1.82) is 0 Å². The third kappa shape index (κ3) is 3.17. The van der Waals surface area contributed by atoms with Crippen molar-refractivity contribution < 1.29 is 29.0 Å². The molecule has 6 heteroatoms. The minimum atomic E-state index is -1.10. The average molecular weight is 553 g/mol. The summed E-state index contributed by atoms with van der Waals surface area (Å²) in [5.41, 5.74) is -1.97. The smallest absolute Gasteiger partial charge is 0.309 e. The molecule has 40 heavy (non-hydrogen) atoms. The summed E-state index contributed by atoms with van der Waals surface area (Å²) < 4.78 is 6.01.